The molecule has 1 aliphatic rings. The Balaban J connectivity index is 1.46. The van der Waals surface area contributed by atoms with E-state index in [1.807, 2.05) is 12.1 Å². The summed E-state index contributed by atoms with van der Waals surface area (Å²) in [4.78, 5) is 6.28. The molecule has 0 unspecified atom stereocenters. The van der Waals surface area contributed by atoms with Crippen molar-refractivity contribution in [3.8, 4) is 11.6 Å². The van der Waals surface area contributed by atoms with Crippen molar-refractivity contribution in [1.29, 1.82) is 0 Å². The van der Waals surface area contributed by atoms with Gasteiger partial charge in [0.15, 0.2) is 17.3 Å². The van der Waals surface area contributed by atoms with Crippen LogP contribution in [0.2, 0.25) is 0 Å². The summed E-state index contributed by atoms with van der Waals surface area (Å²) in [5, 5.41) is 21.2. The smallest absolute Gasteiger partial charge is 0.278 e. The van der Waals surface area contributed by atoms with Crippen molar-refractivity contribution in [1.82, 2.24) is 20.3 Å². The number of piperidine rings is 1. The van der Waals surface area contributed by atoms with Gasteiger partial charge in [0.25, 0.3) is 5.89 Å². The Morgan fingerprint density at radius 1 is 1.11 bits per heavy atom. The van der Waals surface area contributed by atoms with E-state index in [-0.39, 0.29) is 23.7 Å². The van der Waals surface area contributed by atoms with Gasteiger partial charge in [0.05, 0.1) is 0 Å². The number of hydrogen-bond donors (Lipinski definition) is 2. The summed E-state index contributed by atoms with van der Waals surface area (Å²) in [6.07, 6.45) is 1.94. The zero-order valence-electron chi connectivity index (χ0n) is 15.9. The minimum Gasteiger partial charge on any atom is -0.388 e. The Labute approximate surface area is 163 Å². The second-order valence-corrected chi connectivity index (χ2v) is 7.29. The van der Waals surface area contributed by atoms with Crippen LogP contribution in [0, 0.1) is 6.92 Å². The van der Waals surface area contributed by atoms with E-state index >= 15 is 0 Å². The van der Waals surface area contributed by atoms with Crippen molar-refractivity contribution in [2.24, 2.45) is 5.73 Å². The first kappa shape index (κ1) is 18.5. The van der Waals surface area contributed by atoms with E-state index in [9.17, 15) is 0 Å². The molecular weight excluding hydrogens is 356 g/mol. The van der Waals surface area contributed by atoms with Gasteiger partial charge in [0, 0.05) is 25.0 Å². The van der Waals surface area contributed by atoms with Gasteiger partial charge in [-0.2, -0.15) is 4.98 Å². The van der Waals surface area contributed by atoms with Crippen molar-refractivity contribution >= 4 is 5.82 Å². The molecule has 1 fully saturated rings. The molecule has 8 heteroatoms. The predicted molar refractivity (Wildman–Crippen MR) is 105 cm³/mol. The lowest BCUT2D eigenvalue weighted by atomic mass is 9.72. The van der Waals surface area contributed by atoms with Gasteiger partial charge < -0.3 is 20.3 Å². The van der Waals surface area contributed by atoms with Gasteiger partial charge in [-0.05, 0) is 37.5 Å². The van der Waals surface area contributed by atoms with E-state index in [2.05, 4.69) is 56.4 Å². The topological polar surface area (TPSA) is 114 Å². The number of nitrogens with two attached hydrogens (primary N) is 1. The number of hydrogen-bond acceptors (Lipinski definition) is 8. The molecule has 0 spiro atoms. The van der Waals surface area contributed by atoms with Crippen LogP contribution < -0.4 is 10.6 Å². The van der Waals surface area contributed by atoms with Gasteiger partial charge >= 0.3 is 0 Å². The first-order valence-electron chi connectivity index (χ1n) is 9.43. The number of benzene rings is 1. The van der Waals surface area contributed by atoms with Gasteiger partial charge in [-0.25, -0.2) is 0 Å². The van der Waals surface area contributed by atoms with Crippen LogP contribution in [0.4, 0.5) is 5.82 Å². The highest BCUT2D eigenvalue weighted by Gasteiger charge is 2.35. The molecule has 1 aromatic carbocycles. The molecule has 3 aromatic rings. The maximum atomic E-state index is 9.03. The number of rotatable bonds is 5. The van der Waals surface area contributed by atoms with Crippen LogP contribution in [0.5, 0.6) is 0 Å². The quantitative estimate of drug-likeness (QED) is 0.689. The first-order valence-corrected chi connectivity index (χ1v) is 9.43. The molecule has 2 aromatic heterocycles. The van der Waals surface area contributed by atoms with Crippen molar-refractivity contribution < 1.29 is 9.63 Å². The summed E-state index contributed by atoms with van der Waals surface area (Å²) in [7, 11) is 0. The lowest BCUT2D eigenvalue weighted by Gasteiger charge is -2.42. The van der Waals surface area contributed by atoms with E-state index in [0.717, 1.165) is 31.7 Å². The summed E-state index contributed by atoms with van der Waals surface area (Å²) < 4.78 is 5.08. The molecular formula is C20H24N6O2. The third-order valence-corrected chi connectivity index (χ3v) is 5.58. The lowest BCUT2D eigenvalue weighted by molar-refractivity contribution is 0.264. The summed E-state index contributed by atoms with van der Waals surface area (Å²) >= 11 is 0. The fourth-order valence-electron chi connectivity index (χ4n) is 3.71. The van der Waals surface area contributed by atoms with Gasteiger partial charge in [0.1, 0.15) is 6.61 Å². The molecule has 3 heterocycles. The van der Waals surface area contributed by atoms with Crippen molar-refractivity contribution in [3.63, 3.8) is 0 Å². The Morgan fingerprint density at radius 3 is 2.43 bits per heavy atom. The highest BCUT2D eigenvalue weighted by molar-refractivity contribution is 5.49. The number of aryl methyl sites for hydroxylation is 1. The molecule has 0 atom stereocenters. The van der Waals surface area contributed by atoms with Crippen molar-refractivity contribution in [2.45, 2.75) is 31.8 Å². The van der Waals surface area contributed by atoms with Gasteiger partial charge in [-0.15, -0.1) is 10.2 Å². The fourth-order valence-corrected chi connectivity index (χ4v) is 3.71. The molecule has 28 heavy (non-hydrogen) atoms. The number of aliphatic hydroxyl groups is 1. The maximum absolute atomic E-state index is 9.03. The molecule has 0 saturated carbocycles. The fraction of sp³-hybridized carbons (Fsp3) is 0.400. The highest BCUT2D eigenvalue weighted by Crippen LogP contribution is 2.36. The average molecular weight is 380 g/mol. The largest absolute Gasteiger partial charge is 0.388 e. The van der Waals surface area contributed by atoms with Gasteiger partial charge in [-0.1, -0.05) is 35.0 Å². The SMILES string of the molecule is Cc1ccc(C2(CN)CCN(c3ccc(-c4nc(CO)no4)nn3)CC2)cc1. The molecule has 8 nitrogen and oxygen atoms in total. The number of nitrogens with zero attached hydrogens (tertiary/aromatic N) is 5. The molecule has 0 amide bonds. The van der Waals surface area contributed by atoms with E-state index in [1.54, 1.807) is 0 Å². The van der Waals surface area contributed by atoms with Crippen LogP contribution in [0.25, 0.3) is 11.6 Å². The van der Waals surface area contributed by atoms with Crippen molar-refractivity contribution in [3.05, 3.63) is 53.3 Å². The Morgan fingerprint density at radius 2 is 1.86 bits per heavy atom. The van der Waals surface area contributed by atoms with Crippen LogP contribution in [-0.2, 0) is 12.0 Å². The number of anilines is 1. The molecule has 4 rings (SSSR count). The molecule has 0 aliphatic carbocycles. The monoisotopic (exact) mass is 380 g/mol. The Kier molecular flexibility index (Phi) is 5.06. The molecule has 1 saturated heterocycles. The average Bonchev–Trinajstić information content (AvgIpc) is 3.24. The zero-order chi connectivity index (χ0) is 19.6. The Bertz CT molecular complexity index is 915. The lowest BCUT2D eigenvalue weighted by Crippen LogP contribution is -2.47. The van der Waals surface area contributed by atoms with Gasteiger partial charge in [0.2, 0.25) is 0 Å². The maximum Gasteiger partial charge on any atom is 0.278 e. The van der Waals surface area contributed by atoms with E-state index in [4.69, 9.17) is 15.4 Å². The van der Waals surface area contributed by atoms with Crippen LogP contribution >= 0.6 is 0 Å². The standard InChI is InChI=1S/C20H24N6O2/c1-14-2-4-15(5-3-14)20(13-21)8-10-26(11-9-20)18-7-6-16(23-24-18)19-22-17(12-27)25-28-19/h2-7,27H,8-13,21H2,1H3. The molecule has 1 aliphatic heterocycles. The first-order chi connectivity index (χ1) is 13.6. The molecule has 0 bridgehead atoms. The second kappa shape index (κ2) is 7.65. The molecule has 3 N–H and O–H groups in total. The number of aliphatic hydroxyl groups excluding tert-OH is 1. The highest BCUT2D eigenvalue weighted by atomic mass is 16.5. The van der Waals surface area contributed by atoms with Crippen LogP contribution in [-0.4, -0.2) is 45.1 Å². The van der Waals surface area contributed by atoms with Gasteiger partial charge in [-0.3, -0.25) is 0 Å². The Hall–Kier alpha value is -2.84. The minimum atomic E-state index is -0.271. The predicted octanol–water partition coefficient (Wildman–Crippen LogP) is 1.82. The second-order valence-electron chi connectivity index (χ2n) is 7.29. The number of aromatic nitrogens is 4. The summed E-state index contributed by atoms with van der Waals surface area (Å²) in [5.41, 5.74) is 9.29. The third kappa shape index (κ3) is 3.48. The van der Waals surface area contributed by atoms with Crippen LogP contribution in [0.15, 0.2) is 40.9 Å². The van der Waals surface area contributed by atoms with E-state index in [1.165, 1.54) is 11.1 Å². The summed E-state index contributed by atoms with van der Waals surface area (Å²) in [5.74, 6) is 1.30. The zero-order valence-corrected chi connectivity index (χ0v) is 15.9. The minimum absolute atomic E-state index is 0.0159. The normalized spacial score (nSPS) is 16.3. The van der Waals surface area contributed by atoms with Crippen LogP contribution in [0.1, 0.15) is 29.8 Å². The van der Waals surface area contributed by atoms with E-state index in [0.29, 0.717) is 12.2 Å². The van der Waals surface area contributed by atoms with E-state index < -0.39 is 0 Å². The third-order valence-electron chi connectivity index (χ3n) is 5.58. The summed E-state index contributed by atoms with van der Waals surface area (Å²) in [6.45, 7) is 4.21. The molecule has 0 radical (unpaired) electrons. The summed E-state index contributed by atoms with van der Waals surface area (Å²) in [6, 6.07) is 12.4. The molecule has 146 valence electrons. The van der Waals surface area contributed by atoms with Crippen LogP contribution in [0.3, 0.4) is 0 Å². The van der Waals surface area contributed by atoms with Crippen molar-refractivity contribution in [2.75, 3.05) is 24.5 Å².